The topological polar surface area (TPSA) is 28.7 Å². The third-order valence-corrected chi connectivity index (χ3v) is 3.86. The van der Waals surface area contributed by atoms with Crippen molar-refractivity contribution in [2.75, 3.05) is 0 Å². The molecular weight excluding hydrogens is 248 g/mol. The van der Waals surface area contributed by atoms with Gasteiger partial charge in [-0.1, -0.05) is 30.7 Å². The second-order valence-corrected chi connectivity index (χ2v) is 4.72. The molecule has 2 aromatic heterocycles. The summed E-state index contributed by atoms with van der Waals surface area (Å²) in [5, 5.41) is 2.72. The summed E-state index contributed by atoms with van der Waals surface area (Å²) in [7, 11) is 0. The summed E-state index contributed by atoms with van der Waals surface area (Å²) < 4.78 is 0.649. The SMILES string of the molecule is CCc1c(-c2sccc2Cl)[nH]cnc1=S. The molecule has 78 valence electrons. The molecule has 0 aliphatic heterocycles. The van der Waals surface area contributed by atoms with E-state index >= 15 is 0 Å². The fourth-order valence-electron chi connectivity index (χ4n) is 1.43. The molecule has 1 N–H and O–H groups in total. The molecule has 0 fully saturated rings. The van der Waals surface area contributed by atoms with Gasteiger partial charge in [0, 0.05) is 5.56 Å². The van der Waals surface area contributed by atoms with Crippen LogP contribution in [-0.4, -0.2) is 9.97 Å². The summed E-state index contributed by atoms with van der Waals surface area (Å²) in [6, 6.07) is 1.89. The van der Waals surface area contributed by atoms with Crippen molar-refractivity contribution in [3.05, 3.63) is 33.0 Å². The van der Waals surface area contributed by atoms with Gasteiger partial charge in [0.05, 0.1) is 21.9 Å². The lowest BCUT2D eigenvalue weighted by Gasteiger charge is -2.05. The first-order valence-electron chi connectivity index (χ1n) is 4.54. The minimum atomic E-state index is 0.649. The van der Waals surface area contributed by atoms with E-state index in [9.17, 15) is 0 Å². The van der Waals surface area contributed by atoms with Crippen LogP contribution in [-0.2, 0) is 6.42 Å². The van der Waals surface area contributed by atoms with Crippen LogP contribution in [0.2, 0.25) is 5.02 Å². The zero-order chi connectivity index (χ0) is 10.8. The van der Waals surface area contributed by atoms with Crippen molar-refractivity contribution in [3.63, 3.8) is 0 Å². The molecule has 5 heteroatoms. The molecule has 2 rings (SSSR count). The van der Waals surface area contributed by atoms with Gasteiger partial charge in [-0.25, -0.2) is 4.98 Å². The minimum Gasteiger partial charge on any atom is -0.345 e. The van der Waals surface area contributed by atoms with Gasteiger partial charge >= 0.3 is 0 Å². The molecule has 2 nitrogen and oxygen atoms in total. The van der Waals surface area contributed by atoms with Gasteiger partial charge in [-0.2, -0.15) is 0 Å². The quantitative estimate of drug-likeness (QED) is 0.820. The number of aromatic nitrogens is 2. The highest BCUT2D eigenvalue weighted by Crippen LogP contribution is 2.33. The van der Waals surface area contributed by atoms with Crippen LogP contribution in [0.15, 0.2) is 17.8 Å². The summed E-state index contributed by atoms with van der Waals surface area (Å²) in [5.74, 6) is 0. The molecule has 0 amide bonds. The Morgan fingerprint density at radius 2 is 2.40 bits per heavy atom. The zero-order valence-electron chi connectivity index (χ0n) is 8.08. The van der Waals surface area contributed by atoms with Crippen molar-refractivity contribution in [1.82, 2.24) is 9.97 Å². The first-order chi connectivity index (χ1) is 7.24. The lowest BCUT2D eigenvalue weighted by Crippen LogP contribution is -1.93. The molecule has 0 spiro atoms. The van der Waals surface area contributed by atoms with Crippen LogP contribution < -0.4 is 0 Å². The molecule has 2 aromatic rings. The Bertz CT molecular complexity index is 530. The molecular formula is C10H9ClN2S2. The first-order valence-corrected chi connectivity index (χ1v) is 6.20. The highest BCUT2D eigenvalue weighted by atomic mass is 35.5. The summed E-state index contributed by atoms with van der Waals surface area (Å²) in [6.45, 7) is 2.06. The molecule has 0 aromatic carbocycles. The van der Waals surface area contributed by atoms with Gasteiger partial charge in [0.1, 0.15) is 4.64 Å². The molecule has 0 aliphatic carbocycles. The van der Waals surface area contributed by atoms with Crippen molar-refractivity contribution in [2.45, 2.75) is 13.3 Å². The molecule has 0 saturated carbocycles. The van der Waals surface area contributed by atoms with E-state index in [2.05, 4.69) is 16.9 Å². The summed E-state index contributed by atoms with van der Waals surface area (Å²) in [5.41, 5.74) is 2.05. The Morgan fingerprint density at radius 1 is 1.60 bits per heavy atom. The number of aromatic amines is 1. The van der Waals surface area contributed by atoms with Crippen LogP contribution in [0.1, 0.15) is 12.5 Å². The van der Waals surface area contributed by atoms with Crippen molar-refractivity contribution < 1.29 is 0 Å². The van der Waals surface area contributed by atoms with E-state index in [4.69, 9.17) is 23.8 Å². The monoisotopic (exact) mass is 256 g/mol. The molecule has 2 heterocycles. The lowest BCUT2D eigenvalue weighted by atomic mass is 10.1. The Hall–Kier alpha value is -0.710. The number of halogens is 1. The maximum absolute atomic E-state index is 6.09. The fourth-order valence-corrected chi connectivity index (χ4v) is 2.92. The third-order valence-electron chi connectivity index (χ3n) is 2.15. The van der Waals surface area contributed by atoms with Gasteiger partial charge < -0.3 is 4.98 Å². The van der Waals surface area contributed by atoms with Crippen LogP contribution in [0.3, 0.4) is 0 Å². The van der Waals surface area contributed by atoms with Crippen molar-refractivity contribution in [1.29, 1.82) is 0 Å². The molecule has 0 aliphatic rings. The van der Waals surface area contributed by atoms with E-state index in [0.29, 0.717) is 4.64 Å². The smallest absolute Gasteiger partial charge is 0.133 e. The fraction of sp³-hybridized carbons (Fsp3) is 0.200. The second kappa shape index (κ2) is 4.43. The molecule has 0 unspecified atom stereocenters. The standard InChI is InChI=1S/C10H9ClN2S2/c1-2-6-8(12-5-13-10(6)14)9-7(11)3-4-15-9/h3-5H,2H2,1H3,(H,12,13,14). The number of rotatable bonds is 2. The number of nitrogens with zero attached hydrogens (tertiary/aromatic N) is 1. The highest BCUT2D eigenvalue weighted by molar-refractivity contribution is 7.71. The lowest BCUT2D eigenvalue weighted by molar-refractivity contribution is 1.04. The number of hydrogen-bond acceptors (Lipinski definition) is 3. The van der Waals surface area contributed by atoms with Crippen LogP contribution in [0.4, 0.5) is 0 Å². The number of H-pyrrole nitrogens is 1. The van der Waals surface area contributed by atoms with Crippen LogP contribution in [0, 0.1) is 4.64 Å². The molecule has 0 saturated heterocycles. The maximum atomic E-state index is 6.09. The molecule has 0 atom stereocenters. The van der Waals surface area contributed by atoms with E-state index in [1.165, 1.54) is 0 Å². The van der Waals surface area contributed by atoms with Crippen LogP contribution in [0.25, 0.3) is 10.6 Å². The first kappa shape index (κ1) is 10.8. The predicted molar refractivity (Wildman–Crippen MR) is 67.1 cm³/mol. The van der Waals surface area contributed by atoms with Gasteiger partial charge in [0.25, 0.3) is 0 Å². The largest absolute Gasteiger partial charge is 0.345 e. The number of thiophene rings is 1. The van der Waals surface area contributed by atoms with E-state index in [0.717, 1.165) is 27.6 Å². The van der Waals surface area contributed by atoms with Crippen molar-refractivity contribution >= 4 is 35.2 Å². The van der Waals surface area contributed by atoms with Crippen molar-refractivity contribution in [2.24, 2.45) is 0 Å². The number of hydrogen-bond donors (Lipinski definition) is 1. The molecule has 15 heavy (non-hydrogen) atoms. The molecule has 0 radical (unpaired) electrons. The summed E-state index contributed by atoms with van der Waals surface area (Å²) in [4.78, 5) is 8.22. The van der Waals surface area contributed by atoms with Crippen LogP contribution in [0.5, 0.6) is 0 Å². The highest BCUT2D eigenvalue weighted by Gasteiger charge is 2.10. The van der Waals surface area contributed by atoms with Gasteiger partial charge in [-0.3, -0.25) is 0 Å². The van der Waals surface area contributed by atoms with Gasteiger partial charge in [-0.15, -0.1) is 11.3 Å². The van der Waals surface area contributed by atoms with Crippen molar-refractivity contribution in [3.8, 4) is 10.6 Å². The average molecular weight is 257 g/mol. The van der Waals surface area contributed by atoms with Crippen LogP contribution >= 0.6 is 35.2 Å². The van der Waals surface area contributed by atoms with E-state index in [1.54, 1.807) is 17.7 Å². The Balaban J connectivity index is 2.68. The maximum Gasteiger partial charge on any atom is 0.133 e. The average Bonchev–Trinajstić information content (AvgIpc) is 2.64. The summed E-state index contributed by atoms with van der Waals surface area (Å²) in [6.07, 6.45) is 2.47. The zero-order valence-corrected chi connectivity index (χ0v) is 10.5. The molecule has 0 bridgehead atoms. The Kier molecular flexibility index (Phi) is 3.19. The Morgan fingerprint density at radius 3 is 3.00 bits per heavy atom. The third kappa shape index (κ3) is 1.97. The second-order valence-electron chi connectivity index (χ2n) is 3.01. The van der Waals surface area contributed by atoms with E-state index < -0.39 is 0 Å². The summed E-state index contributed by atoms with van der Waals surface area (Å²) >= 11 is 12.9. The van der Waals surface area contributed by atoms with Gasteiger partial charge in [0.2, 0.25) is 0 Å². The minimum absolute atomic E-state index is 0.649. The number of nitrogens with one attached hydrogen (secondary N) is 1. The van der Waals surface area contributed by atoms with E-state index in [1.807, 2.05) is 11.4 Å². The normalized spacial score (nSPS) is 10.5. The van der Waals surface area contributed by atoms with Gasteiger partial charge in [-0.05, 0) is 17.9 Å². The van der Waals surface area contributed by atoms with Gasteiger partial charge in [0.15, 0.2) is 0 Å². The van der Waals surface area contributed by atoms with E-state index in [-0.39, 0.29) is 0 Å². The predicted octanol–water partition coefficient (Wildman–Crippen LogP) is 4.08. The Labute approximate surface area is 102 Å².